The van der Waals surface area contributed by atoms with Crippen LogP contribution in [0.1, 0.15) is 25.0 Å². The highest BCUT2D eigenvalue weighted by atomic mass is 16.3. The number of anilines is 3. The summed E-state index contributed by atoms with van der Waals surface area (Å²) in [5, 5.41) is 4.21. The van der Waals surface area contributed by atoms with E-state index in [4.69, 9.17) is 8.83 Å². The molecule has 1 aliphatic rings. The van der Waals surface area contributed by atoms with E-state index in [1.54, 1.807) is 0 Å². The van der Waals surface area contributed by atoms with E-state index in [-0.39, 0.29) is 5.41 Å². The largest absolute Gasteiger partial charge is 0.456 e. The van der Waals surface area contributed by atoms with Crippen LogP contribution < -0.4 is 4.90 Å². The van der Waals surface area contributed by atoms with E-state index in [2.05, 4.69) is 213 Å². The second-order valence-corrected chi connectivity index (χ2v) is 16.5. The molecule has 0 N–H and O–H groups in total. The van der Waals surface area contributed by atoms with Gasteiger partial charge in [-0.05, 0) is 111 Å². The lowest BCUT2D eigenvalue weighted by Crippen LogP contribution is -2.14. The van der Waals surface area contributed by atoms with Crippen molar-refractivity contribution in [2.75, 3.05) is 4.90 Å². The summed E-state index contributed by atoms with van der Waals surface area (Å²) in [5.41, 5.74) is 18.6. The second-order valence-electron chi connectivity index (χ2n) is 16.5. The maximum atomic E-state index is 7.01. The van der Waals surface area contributed by atoms with Gasteiger partial charge in [0.05, 0.1) is 0 Å². The fourth-order valence-electron chi connectivity index (χ4n) is 9.69. The molecule has 0 fully saturated rings. The number of fused-ring (bicyclic) bond motifs is 9. The van der Waals surface area contributed by atoms with Crippen molar-refractivity contribution in [1.82, 2.24) is 0 Å². The number of nitrogens with zero attached hydrogens (tertiary/aromatic N) is 1. The molecular formula is C57H39NO2. The molecule has 1 aliphatic carbocycles. The molecule has 0 aliphatic heterocycles. The topological polar surface area (TPSA) is 29.5 Å². The molecule has 284 valence electrons. The Balaban J connectivity index is 1.06. The minimum atomic E-state index is -0.141. The molecule has 11 aromatic rings. The van der Waals surface area contributed by atoms with Gasteiger partial charge in [-0.3, -0.25) is 0 Å². The van der Waals surface area contributed by atoms with E-state index in [0.717, 1.165) is 72.1 Å². The summed E-state index contributed by atoms with van der Waals surface area (Å²) in [5.74, 6) is 0. The summed E-state index contributed by atoms with van der Waals surface area (Å²) < 4.78 is 13.7. The third-order valence-corrected chi connectivity index (χ3v) is 12.7. The zero-order chi connectivity index (χ0) is 40.0. The first-order valence-corrected chi connectivity index (χ1v) is 20.7. The number of hydrogen-bond donors (Lipinski definition) is 0. The predicted octanol–water partition coefficient (Wildman–Crippen LogP) is 16.3. The third kappa shape index (κ3) is 5.29. The molecule has 0 bridgehead atoms. The van der Waals surface area contributed by atoms with Crippen LogP contribution in [0.3, 0.4) is 0 Å². The van der Waals surface area contributed by atoms with E-state index in [0.29, 0.717) is 0 Å². The first-order chi connectivity index (χ1) is 29.5. The maximum absolute atomic E-state index is 7.01. The lowest BCUT2D eigenvalue weighted by molar-refractivity contribution is 0.660. The highest BCUT2D eigenvalue weighted by Gasteiger charge is 2.36. The van der Waals surface area contributed by atoms with Crippen molar-refractivity contribution in [3.05, 3.63) is 211 Å². The Morgan fingerprint density at radius 3 is 1.62 bits per heavy atom. The normalized spacial score (nSPS) is 13.0. The van der Waals surface area contributed by atoms with Gasteiger partial charge in [-0.2, -0.15) is 0 Å². The number of hydrogen-bond acceptors (Lipinski definition) is 3. The fraction of sp³-hybridized carbons (Fsp3) is 0.0526. The molecule has 2 aromatic heterocycles. The fourth-order valence-corrected chi connectivity index (χ4v) is 9.69. The molecule has 3 nitrogen and oxygen atoms in total. The van der Waals surface area contributed by atoms with Gasteiger partial charge in [0.2, 0.25) is 0 Å². The minimum absolute atomic E-state index is 0.141. The van der Waals surface area contributed by atoms with E-state index >= 15 is 0 Å². The predicted molar refractivity (Wildman–Crippen MR) is 250 cm³/mol. The van der Waals surface area contributed by atoms with Gasteiger partial charge in [-0.1, -0.05) is 153 Å². The Kier molecular flexibility index (Phi) is 7.58. The SMILES string of the molecule is CC1(C)c2ccccc2-c2ccc(-c3c4oc5ccc(N(c6ccc(-c7ccccc7)cc6)c6ccc(-c7ccccc7)cc6)cc5c4cc4oc5ccccc5c34)cc21. The lowest BCUT2D eigenvalue weighted by atomic mass is 9.81. The Morgan fingerprint density at radius 2 is 0.917 bits per heavy atom. The maximum Gasteiger partial charge on any atom is 0.144 e. The van der Waals surface area contributed by atoms with Gasteiger partial charge >= 0.3 is 0 Å². The minimum Gasteiger partial charge on any atom is -0.456 e. The zero-order valence-corrected chi connectivity index (χ0v) is 33.3. The van der Waals surface area contributed by atoms with E-state index < -0.39 is 0 Å². The number of rotatable bonds is 6. The zero-order valence-electron chi connectivity index (χ0n) is 33.3. The van der Waals surface area contributed by atoms with Crippen molar-refractivity contribution in [2.24, 2.45) is 0 Å². The van der Waals surface area contributed by atoms with E-state index in [1.165, 1.54) is 44.5 Å². The molecule has 0 amide bonds. The summed E-state index contributed by atoms with van der Waals surface area (Å²) in [6.07, 6.45) is 0. The lowest BCUT2D eigenvalue weighted by Gasteiger charge is -2.26. The highest BCUT2D eigenvalue weighted by molar-refractivity contribution is 6.24. The van der Waals surface area contributed by atoms with Crippen LogP contribution in [0.5, 0.6) is 0 Å². The van der Waals surface area contributed by atoms with Crippen LogP contribution in [0.2, 0.25) is 0 Å². The monoisotopic (exact) mass is 769 g/mol. The van der Waals surface area contributed by atoms with Crippen LogP contribution in [0, 0.1) is 0 Å². The molecular weight excluding hydrogens is 731 g/mol. The van der Waals surface area contributed by atoms with Crippen LogP contribution >= 0.6 is 0 Å². The van der Waals surface area contributed by atoms with Crippen LogP contribution in [0.15, 0.2) is 209 Å². The highest BCUT2D eigenvalue weighted by Crippen LogP contribution is 2.52. The van der Waals surface area contributed by atoms with Crippen LogP contribution in [-0.4, -0.2) is 0 Å². The van der Waals surface area contributed by atoms with Crippen molar-refractivity contribution in [1.29, 1.82) is 0 Å². The molecule has 60 heavy (non-hydrogen) atoms. The van der Waals surface area contributed by atoms with Crippen molar-refractivity contribution in [3.63, 3.8) is 0 Å². The Labute approximate surface area is 348 Å². The average Bonchev–Trinajstić information content (AvgIpc) is 3.93. The molecule has 0 saturated heterocycles. The summed E-state index contributed by atoms with van der Waals surface area (Å²) in [4.78, 5) is 2.34. The molecule has 0 radical (unpaired) electrons. The molecule has 12 rings (SSSR count). The van der Waals surface area contributed by atoms with Gasteiger partial charge in [0, 0.05) is 49.6 Å². The van der Waals surface area contributed by atoms with Gasteiger partial charge in [-0.25, -0.2) is 0 Å². The van der Waals surface area contributed by atoms with Crippen molar-refractivity contribution in [3.8, 4) is 44.5 Å². The molecule has 0 saturated carbocycles. The third-order valence-electron chi connectivity index (χ3n) is 12.7. The first kappa shape index (κ1) is 34.4. The van der Waals surface area contributed by atoms with Crippen LogP contribution in [0.25, 0.3) is 88.4 Å². The van der Waals surface area contributed by atoms with Crippen LogP contribution in [0.4, 0.5) is 17.1 Å². The molecule has 9 aromatic carbocycles. The summed E-state index contributed by atoms with van der Waals surface area (Å²) in [7, 11) is 0. The van der Waals surface area contributed by atoms with Crippen molar-refractivity contribution >= 4 is 60.9 Å². The molecule has 0 atom stereocenters. The number of furan rings is 2. The number of benzene rings is 9. The van der Waals surface area contributed by atoms with Gasteiger partial charge in [-0.15, -0.1) is 0 Å². The molecule has 3 heteroatoms. The summed E-state index contributed by atoms with van der Waals surface area (Å²) in [6, 6.07) is 71.7. The van der Waals surface area contributed by atoms with E-state index in [9.17, 15) is 0 Å². The van der Waals surface area contributed by atoms with Crippen molar-refractivity contribution < 1.29 is 8.83 Å². The Bertz CT molecular complexity index is 3340. The molecule has 0 spiro atoms. The number of para-hydroxylation sites is 1. The van der Waals surface area contributed by atoms with Gasteiger partial charge in [0.1, 0.15) is 22.3 Å². The van der Waals surface area contributed by atoms with Gasteiger partial charge in [0.15, 0.2) is 0 Å². The Hall–Kier alpha value is -7.62. The van der Waals surface area contributed by atoms with Crippen LogP contribution in [-0.2, 0) is 5.41 Å². The first-order valence-electron chi connectivity index (χ1n) is 20.7. The Morgan fingerprint density at radius 1 is 0.367 bits per heavy atom. The second kappa shape index (κ2) is 13.2. The van der Waals surface area contributed by atoms with Crippen molar-refractivity contribution in [2.45, 2.75) is 19.3 Å². The molecule has 2 heterocycles. The average molecular weight is 770 g/mol. The molecule has 0 unspecified atom stereocenters. The standard InChI is InChI=1S/C57H39NO2/c1-57(2)49-19-11-9-17-44(49)45-31-25-40(33-50(45)57)54-55-46-18-10-12-20-51(46)59-53(55)35-48-47-34-43(30-32-52(47)60-56(48)54)58(41-26-21-38(22-27-41)36-13-5-3-6-14-36)42-28-23-39(24-29-42)37-15-7-4-8-16-37/h3-35H,1-2H3. The quantitative estimate of drug-likeness (QED) is 0.169. The van der Waals surface area contributed by atoms with Gasteiger partial charge in [0.25, 0.3) is 0 Å². The van der Waals surface area contributed by atoms with E-state index in [1.807, 2.05) is 6.07 Å². The van der Waals surface area contributed by atoms with Gasteiger partial charge < -0.3 is 13.7 Å². The summed E-state index contributed by atoms with van der Waals surface area (Å²) in [6.45, 7) is 4.67. The summed E-state index contributed by atoms with van der Waals surface area (Å²) >= 11 is 0. The smallest absolute Gasteiger partial charge is 0.144 e.